The summed E-state index contributed by atoms with van der Waals surface area (Å²) in [5, 5.41) is 11.0. The molecule has 12 heteroatoms. The van der Waals surface area contributed by atoms with Crippen LogP contribution in [0.2, 0.25) is 0 Å². The molecule has 2 fully saturated rings. The van der Waals surface area contributed by atoms with Crippen LogP contribution in [0.3, 0.4) is 0 Å². The van der Waals surface area contributed by atoms with Gasteiger partial charge in [0.2, 0.25) is 0 Å². The average Bonchev–Trinajstić information content (AvgIpc) is 3.21. The predicted molar refractivity (Wildman–Crippen MR) is 105 cm³/mol. The molecule has 3 aromatic rings. The van der Waals surface area contributed by atoms with Gasteiger partial charge in [0.15, 0.2) is 0 Å². The molecule has 1 unspecified atom stereocenters. The van der Waals surface area contributed by atoms with E-state index in [-0.39, 0.29) is 12.4 Å². The van der Waals surface area contributed by atoms with Crippen LogP contribution in [0.4, 0.5) is 5.82 Å². The second kappa shape index (κ2) is 6.45. The molecule has 1 aromatic carbocycles. The molecular weight excluding hydrogens is 384 g/mol. The van der Waals surface area contributed by atoms with Crippen LogP contribution in [0.1, 0.15) is 6.23 Å². The van der Waals surface area contributed by atoms with Crippen LogP contribution < -0.4 is 5.73 Å². The summed E-state index contributed by atoms with van der Waals surface area (Å²) in [5.74, 6) is 0.774. The summed E-state index contributed by atoms with van der Waals surface area (Å²) in [7, 11) is -1.77. The van der Waals surface area contributed by atoms with E-state index in [9.17, 15) is 10.00 Å². The van der Waals surface area contributed by atoms with Gasteiger partial charge in [0.25, 0.3) is 0 Å². The maximum absolute atomic E-state index is 11.0. The second-order valence-corrected chi connectivity index (χ2v) is 9.27. The summed E-state index contributed by atoms with van der Waals surface area (Å²) in [6, 6.07) is 9.47. The minimum absolute atomic E-state index is 0.141. The number of aromatic nitrogens is 4. The third-order valence-electron chi connectivity index (χ3n) is 4.97. The minimum atomic E-state index is -3.28. The van der Waals surface area contributed by atoms with E-state index in [1.54, 1.807) is 4.57 Å². The van der Waals surface area contributed by atoms with E-state index in [2.05, 4.69) is 15.0 Å². The fourth-order valence-electron chi connectivity index (χ4n) is 3.69. The molecule has 2 aromatic heterocycles. The zero-order chi connectivity index (χ0) is 19.5. The molecule has 0 spiro atoms. The third kappa shape index (κ3) is 2.79. The Balaban J connectivity index is 1.65. The maximum atomic E-state index is 11.0. The van der Waals surface area contributed by atoms with Crippen molar-refractivity contribution in [2.75, 3.05) is 12.3 Å². The van der Waals surface area contributed by atoms with Crippen molar-refractivity contribution in [3.8, 4) is 11.4 Å². The standard InChI is InChI=1S/C16H19BN5O5P/c17-28(24)25-6-9-12(27-28)11(23)16(26-9)22-14(8-4-2-1-3-5-8)21-10-13(18)19-7-20-15(10)22/h1-5,7,9,11-12,16,23-24,28H,6,17H2,(H2,18,19,20)/t9-,11?,12-,16-/m1/s1. The fourth-order valence-corrected chi connectivity index (χ4v) is 5.03. The monoisotopic (exact) mass is 403 g/mol. The Hall–Kier alpha value is -2.14. The van der Waals surface area contributed by atoms with Gasteiger partial charge in [-0.15, -0.1) is 0 Å². The Labute approximate surface area is 161 Å². The number of nitrogen functional groups attached to an aromatic ring is 1. The molecule has 4 atom stereocenters. The topological polar surface area (TPSA) is 138 Å². The van der Waals surface area contributed by atoms with Crippen molar-refractivity contribution in [2.45, 2.75) is 24.5 Å². The van der Waals surface area contributed by atoms with Crippen LogP contribution in [-0.4, -0.2) is 62.0 Å². The molecule has 0 amide bonds. The summed E-state index contributed by atoms with van der Waals surface area (Å²) < 4.78 is 18.8. The van der Waals surface area contributed by atoms with Crippen molar-refractivity contribution >= 4 is 32.4 Å². The van der Waals surface area contributed by atoms with Crippen LogP contribution in [-0.2, 0) is 13.8 Å². The van der Waals surface area contributed by atoms with Gasteiger partial charge in [-0.2, -0.15) is 0 Å². The number of nitrogens with two attached hydrogens (primary N) is 1. The van der Waals surface area contributed by atoms with E-state index in [1.165, 1.54) is 13.9 Å². The van der Waals surface area contributed by atoms with E-state index >= 15 is 0 Å². The van der Waals surface area contributed by atoms with Crippen LogP contribution in [0.25, 0.3) is 22.6 Å². The summed E-state index contributed by atoms with van der Waals surface area (Å²) in [6.07, 6.45) is -1.77. The van der Waals surface area contributed by atoms with Gasteiger partial charge in [-0.3, -0.25) is 0 Å². The SMILES string of the molecule is B[PH]1(O)OC[C@H]2O[C@@H](n3c(-c4ccccc4)nc4c(N)ncnc43)C(O)[C@@H]2O1. The predicted octanol–water partition coefficient (Wildman–Crippen LogP) is -0.216. The van der Waals surface area contributed by atoms with Gasteiger partial charge in [-0.05, 0) is 0 Å². The first-order valence-corrected chi connectivity index (χ1v) is 11.1. The molecule has 2 aliphatic heterocycles. The zero-order valence-corrected chi connectivity index (χ0v) is 16.0. The molecule has 10 nitrogen and oxygen atoms in total. The molecule has 0 radical (unpaired) electrons. The molecule has 28 heavy (non-hydrogen) atoms. The number of anilines is 1. The molecule has 5 rings (SSSR count). The quantitative estimate of drug-likeness (QED) is 0.392. The van der Waals surface area contributed by atoms with Crippen LogP contribution in [0, 0.1) is 0 Å². The van der Waals surface area contributed by atoms with Crippen molar-refractivity contribution in [2.24, 2.45) is 0 Å². The van der Waals surface area contributed by atoms with Gasteiger partial charge in [0, 0.05) is 0 Å². The summed E-state index contributed by atoms with van der Waals surface area (Å²) in [5.41, 5.74) is 7.67. The molecule has 146 valence electrons. The molecule has 4 N–H and O–H groups in total. The molecule has 0 bridgehead atoms. The summed E-state index contributed by atoms with van der Waals surface area (Å²) in [4.78, 5) is 23.1. The van der Waals surface area contributed by atoms with Crippen molar-refractivity contribution in [3.63, 3.8) is 0 Å². The van der Waals surface area contributed by atoms with E-state index < -0.39 is 32.4 Å². The number of fused-ring (bicyclic) bond motifs is 2. The number of ether oxygens (including phenoxy) is 1. The van der Waals surface area contributed by atoms with Gasteiger partial charge >= 0.3 is 161 Å². The van der Waals surface area contributed by atoms with Crippen molar-refractivity contribution < 1.29 is 23.8 Å². The normalized spacial score (nSPS) is 30.2. The van der Waals surface area contributed by atoms with E-state index in [0.717, 1.165) is 5.56 Å². The van der Waals surface area contributed by atoms with Gasteiger partial charge in [-0.1, -0.05) is 0 Å². The van der Waals surface area contributed by atoms with Gasteiger partial charge in [0.1, 0.15) is 0 Å². The molecule has 4 heterocycles. The van der Waals surface area contributed by atoms with E-state index in [0.29, 0.717) is 17.0 Å². The number of aliphatic hydroxyl groups is 1. The first-order valence-electron chi connectivity index (χ1n) is 8.86. The number of benzene rings is 1. The molecule has 0 saturated carbocycles. The number of nitrogens with zero attached hydrogens (tertiary/aromatic N) is 4. The summed E-state index contributed by atoms with van der Waals surface area (Å²) >= 11 is 0. The average molecular weight is 403 g/mol. The van der Waals surface area contributed by atoms with Crippen LogP contribution in [0.15, 0.2) is 36.7 Å². The third-order valence-corrected chi connectivity index (χ3v) is 6.38. The fraction of sp³-hybridized carbons (Fsp3) is 0.312. The Bertz CT molecular complexity index is 1030. The number of hydrogen-bond donors (Lipinski definition) is 3. The Morgan fingerprint density at radius 1 is 1.25 bits per heavy atom. The second-order valence-electron chi connectivity index (χ2n) is 6.95. The zero-order valence-electron chi connectivity index (χ0n) is 15.0. The number of hydrogen-bond acceptors (Lipinski definition) is 9. The Morgan fingerprint density at radius 2 is 2.04 bits per heavy atom. The molecule has 2 aliphatic rings. The van der Waals surface area contributed by atoms with Gasteiger partial charge in [0.05, 0.1) is 0 Å². The van der Waals surface area contributed by atoms with Crippen molar-refractivity contribution in [1.82, 2.24) is 19.5 Å². The molecule has 2 saturated heterocycles. The summed E-state index contributed by atoms with van der Waals surface area (Å²) in [6.45, 7) is 0.141. The van der Waals surface area contributed by atoms with E-state index in [1.807, 2.05) is 30.3 Å². The van der Waals surface area contributed by atoms with Crippen LogP contribution in [0.5, 0.6) is 0 Å². The number of imidazole rings is 1. The Kier molecular flexibility index (Phi) is 4.13. The molecular formula is C16H19BN5O5P. The number of rotatable bonds is 2. The van der Waals surface area contributed by atoms with Crippen LogP contribution >= 0.6 is 7.82 Å². The number of aliphatic hydroxyl groups excluding tert-OH is 1. The first-order chi connectivity index (χ1) is 13.4. The van der Waals surface area contributed by atoms with Gasteiger partial charge in [-0.25, -0.2) is 0 Å². The molecule has 0 aliphatic carbocycles. The van der Waals surface area contributed by atoms with Crippen molar-refractivity contribution in [3.05, 3.63) is 36.7 Å². The van der Waals surface area contributed by atoms with Gasteiger partial charge < -0.3 is 0 Å². The van der Waals surface area contributed by atoms with Crippen molar-refractivity contribution in [1.29, 1.82) is 0 Å². The first kappa shape index (κ1) is 17.9. The Morgan fingerprint density at radius 3 is 2.82 bits per heavy atom. The van der Waals surface area contributed by atoms with E-state index in [4.69, 9.17) is 19.5 Å².